The summed E-state index contributed by atoms with van der Waals surface area (Å²) in [6, 6.07) is 0.974. The number of nitrogens with one attached hydrogen (secondary N) is 3. The van der Waals surface area contributed by atoms with E-state index in [1.807, 2.05) is 0 Å². The number of hydrogen-bond donors (Lipinski definition) is 4. The molecule has 0 aliphatic heterocycles. The number of carbonyl (C=O) groups excluding carboxylic acids is 2. The molecule has 5 N–H and O–H groups in total. The van der Waals surface area contributed by atoms with Crippen molar-refractivity contribution in [3.8, 4) is 0 Å². The molecule has 10 nitrogen and oxygen atoms in total. The number of nitrogen functional groups attached to an aromatic ring is 1. The summed E-state index contributed by atoms with van der Waals surface area (Å²) in [7, 11) is 0. The van der Waals surface area contributed by atoms with Crippen LogP contribution in [0.2, 0.25) is 0 Å². The average Bonchev–Trinajstić information content (AvgIpc) is 2.44. The molecule has 1 aromatic heterocycles. The summed E-state index contributed by atoms with van der Waals surface area (Å²) in [5, 5.41) is 15.4. The number of likely N-dealkylation sites (N-methyl/N-ethyl adjacent to an activating group) is 1. The van der Waals surface area contributed by atoms with Crippen LogP contribution in [0.5, 0.6) is 0 Å². The van der Waals surface area contributed by atoms with Crippen LogP contribution in [-0.4, -0.2) is 34.8 Å². The van der Waals surface area contributed by atoms with Crippen LogP contribution in [0, 0.1) is 10.1 Å². The SMILES string of the molecule is CCNC(=O)CNC(=O)c1cc([N+](=O)[O-])ncc1NN. The molecule has 0 aromatic carbocycles. The van der Waals surface area contributed by atoms with Gasteiger partial charge in [0.05, 0.1) is 18.2 Å². The lowest BCUT2D eigenvalue weighted by Gasteiger charge is -2.08. The maximum absolute atomic E-state index is 11.9. The molecule has 1 rings (SSSR count). The first-order valence-electron chi connectivity index (χ1n) is 5.65. The Morgan fingerprint density at radius 2 is 2.15 bits per heavy atom. The third-order valence-corrected chi connectivity index (χ3v) is 2.26. The van der Waals surface area contributed by atoms with Crippen molar-refractivity contribution in [2.24, 2.45) is 5.84 Å². The fourth-order valence-corrected chi connectivity index (χ4v) is 1.36. The van der Waals surface area contributed by atoms with Gasteiger partial charge >= 0.3 is 5.82 Å². The van der Waals surface area contributed by atoms with E-state index in [1.54, 1.807) is 6.92 Å². The number of hydrogen-bond acceptors (Lipinski definition) is 7. The molecule has 0 saturated heterocycles. The van der Waals surface area contributed by atoms with Crippen LogP contribution in [0.1, 0.15) is 17.3 Å². The highest BCUT2D eigenvalue weighted by molar-refractivity contribution is 6.01. The first-order valence-corrected chi connectivity index (χ1v) is 5.65. The minimum atomic E-state index is -0.735. The Labute approximate surface area is 113 Å². The van der Waals surface area contributed by atoms with Gasteiger partial charge in [-0.3, -0.25) is 15.4 Å². The van der Waals surface area contributed by atoms with Crippen LogP contribution < -0.4 is 21.9 Å². The number of amides is 2. The predicted octanol–water partition coefficient (Wildman–Crippen LogP) is -0.859. The summed E-state index contributed by atoms with van der Waals surface area (Å²) in [5.41, 5.74) is 2.25. The maximum Gasteiger partial charge on any atom is 0.364 e. The van der Waals surface area contributed by atoms with Crippen molar-refractivity contribution >= 4 is 23.3 Å². The van der Waals surface area contributed by atoms with E-state index in [-0.39, 0.29) is 23.7 Å². The van der Waals surface area contributed by atoms with E-state index in [2.05, 4.69) is 21.0 Å². The zero-order chi connectivity index (χ0) is 15.1. The molecular weight excluding hydrogens is 268 g/mol. The number of anilines is 1. The molecular formula is C10H14N6O4. The van der Waals surface area contributed by atoms with Crippen LogP contribution in [0.4, 0.5) is 11.5 Å². The molecule has 0 spiro atoms. The number of carbonyl (C=O) groups is 2. The van der Waals surface area contributed by atoms with Crippen molar-refractivity contribution in [2.75, 3.05) is 18.5 Å². The molecule has 0 aliphatic carbocycles. The highest BCUT2D eigenvalue weighted by atomic mass is 16.6. The molecule has 0 aliphatic rings. The molecule has 10 heteroatoms. The van der Waals surface area contributed by atoms with Crippen molar-refractivity contribution in [2.45, 2.75) is 6.92 Å². The predicted molar refractivity (Wildman–Crippen MR) is 69.7 cm³/mol. The lowest BCUT2D eigenvalue weighted by atomic mass is 10.2. The van der Waals surface area contributed by atoms with Crippen molar-refractivity contribution in [1.82, 2.24) is 15.6 Å². The summed E-state index contributed by atoms with van der Waals surface area (Å²) < 4.78 is 0. The normalized spacial score (nSPS) is 9.70. The second-order valence-corrected chi connectivity index (χ2v) is 3.63. The van der Waals surface area contributed by atoms with Crippen molar-refractivity contribution in [3.63, 3.8) is 0 Å². The van der Waals surface area contributed by atoms with E-state index < -0.39 is 16.6 Å². The van der Waals surface area contributed by atoms with Gasteiger partial charge in [0.2, 0.25) is 5.91 Å². The van der Waals surface area contributed by atoms with Crippen molar-refractivity contribution in [3.05, 3.63) is 27.9 Å². The molecule has 0 fully saturated rings. The molecule has 2 amide bonds. The minimum absolute atomic E-state index is 0.0708. The summed E-state index contributed by atoms with van der Waals surface area (Å²) in [6.45, 7) is 1.93. The second-order valence-electron chi connectivity index (χ2n) is 3.63. The lowest BCUT2D eigenvalue weighted by Crippen LogP contribution is -2.37. The van der Waals surface area contributed by atoms with Crippen LogP contribution in [0.25, 0.3) is 0 Å². The highest BCUT2D eigenvalue weighted by Crippen LogP contribution is 2.18. The highest BCUT2D eigenvalue weighted by Gasteiger charge is 2.18. The number of pyridine rings is 1. The number of rotatable bonds is 6. The Hall–Kier alpha value is -2.75. The van der Waals surface area contributed by atoms with Crippen molar-refractivity contribution in [1.29, 1.82) is 0 Å². The third kappa shape index (κ3) is 3.88. The van der Waals surface area contributed by atoms with Crippen LogP contribution in [-0.2, 0) is 4.79 Å². The Balaban J connectivity index is 2.87. The van der Waals surface area contributed by atoms with Gasteiger partial charge in [0.15, 0.2) is 6.20 Å². The molecule has 1 aromatic rings. The van der Waals surface area contributed by atoms with E-state index in [0.29, 0.717) is 6.54 Å². The number of nitrogens with zero attached hydrogens (tertiary/aromatic N) is 2. The molecule has 20 heavy (non-hydrogen) atoms. The summed E-state index contributed by atoms with van der Waals surface area (Å²) in [5.74, 6) is 3.67. The topological polar surface area (TPSA) is 152 Å². The minimum Gasteiger partial charge on any atom is -0.358 e. The van der Waals surface area contributed by atoms with E-state index in [1.165, 1.54) is 0 Å². The first-order chi connectivity index (χ1) is 9.49. The van der Waals surface area contributed by atoms with E-state index in [0.717, 1.165) is 12.3 Å². The van der Waals surface area contributed by atoms with Crippen LogP contribution in [0.15, 0.2) is 12.3 Å². The van der Waals surface area contributed by atoms with Gasteiger partial charge in [-0.1, -0.05) is 0 Å². The molecule has 108 valence electrons. The number of aromatic nitrogens is 1. The summed E-state index contributed by atoms with van der Waals surface area (Å²) in [6.07, 6.45) is 1.07. The summed E-state index contributed by atoms with van der Waals surface area (Å²) >= 11 is 0. The maximum atomic E-state index is 11.9. The van der Waals surface area contributed by atoms with Crippen LogP contribution >= 0.6 is 0 Å². The molecule has 0 radical (unpaired) electrons. The zero-order valence-corrected chi connectivity index (χ0v) is 10.7. The van der Waals surface area contributed by atoms with Gasteiger partial charge in [-0.2, -0.15) is 0 Å². The monoisotopic (exact) mass is 282 g/mol. The first kappa shape index (κ1) is 15.3. The lowest BCUT2D eigenvalue weighted by molar-refractivity contribution is -0.389. The van der Waals surface area contributed by atoms with E-state index >= 15 is 0 Å². The van der Waals surface area contributed by atoms with E-state index in [9.17, 15) is 19.7 Å². The van der Waals surface area contributed by atoms with Gasteiger partial charge in [0.1, 0.15) is 5.69 Å². The Bertz CT molecular complexity index is 532. The molecule has 0 saturated carbocycles. The van der Waals surface area contributed by atoms with Gasteiger partial charge in [-0.05, 0) is 16.8 Å². The quantitative estimate of drug-likeness (QED) is 0.301. The number of nitrogens with two attached hydrogens (primary N) is 1. The Morgan fingerprint density at radius 3 is 2.70 bits per heavy atom. The fourth-order valence-electron chi connectivity index (χ4n) is 1.36. The average molecular weight is 282 g/mol. The van der Waals surface area contributed by atoms with Crippen molar-refractivity contribution < 1.29 is 14.5 Å². The molecule has 1 heterocycles. The Morgan fingerprint density at radius 1 is 1.45 bits per heavy atom. The Kier molecular flexibility index (Phi) is 5.35. The number of nitro groups is 1. The second kappa shape index (κ2) is 6.99. The van der Waals surface area contributed by atoms with E-state index in [4.69, 9.17) is 5.84 Å². The molecule has 0 atom stereocenters. The van der Waals surface area contributed by atoms with Gasteiger partial charge in [-0.25, -0.2) is 0 Å². The fraction of sp³-hybridized carbons (Fsp3) is 0.300. The van der Waals surface area contributed by atoms with Gasteiger partial charge in [0.25, 0.3) is 5.91 Å². The number of hydrazine groups is 1. The zero-order valence-electron chi connectivity index (χ0n) is 10.7. The standard InChI is InChI=1S/C10H14N6O4/c1-2-12-9(17)5-14-10(18)6-3-8(16(19)20)13-4-7(6)15-11/h3-4,15H,2,5,11H2,1H3,(H,12,17)(H,14,18). The molecule has 0 unspecified atom stereocenters. The van der Waals surface area contributed by atoms with Crippen LogP contribution in [0.3, 0.4) is 0 Å². The van der Waals surface area contributed by atoms with Gasteiger partial charge in [-0.15, -0.1) is 0 Å². The molecule has 0 bridgehead atoms. The smallest absolute Gasteiger partial charge is 0.358 e. The summed E-state index contributed by atoms with van der Waals surface area (Å²) in [4.78, 5) is 36.5. The van der Waals surface area contributed by atoms with Gasteiger partial charge in [0, 0.05) is 6.54 Å². The van der Waals surface area contributed by atoms with Gasteiger partial charge < -0.3 is 26.2 Å². The largest absolute Gasteiger partial charge is 0.364 e. The third-order valence-electron chi connectivity index (χ3n) is 2.26.